The van der Waals surface area contributed by atoms with Gasteiger partial charge in [-0.25, -0.2) is 4.39 Å². The minimum atomic E-state index is -0.772. The van der Waals surface area contributed by atoms with Crippen molar-refractivity contribution in [3.63, 3.8) is 0 Å². The van der Waals surface area contributed by atoms with Gasteiger partial charge < -0.3 is 26.6 Å². The molecule has 0 aromatic carbocycles. The van der Waals surface area contributed by atoms with Gasteiger partial charge in [-0.1, -0.05) is 6.92 Å². The zero-order valence-electron chi connectivity index (χ0n) is 18.8. The summed E-state index contributed by atoms with van der Waals surface area (Å²) in [4.78, 5) is 15.5. The van der Waals surface area contributed by atoms with Gasteiger partial charge >= 0.3 is 0 Å². The second-order valence-electron chi connectivity index (χ2n) is 10.5. The summed E-state index contributed by atoms with van der Waals surface area (Å²) in [7, 11) is 2.18. The highest BCUT2D eigenvalue weighted by molar-refractivity contribution is 5.82. The molecule has 2 saturated carbocycles. The number of hydrogen-bond donors (Lipinski definition) is 4. The Morgan fingerprint density at radius 3 is 2.57 bits per heavy atom. The fourth-order valence-corrected chi connectivity index (χ4v) is 6.54. The normalized spacial score (nSPS) is 43.3. The molecule has 2 aliphatic carbocycles. The summed E-state index contributed by atoms with van der Waals surface area (Å²) in [6.45, 7) is 5.05. The van der Waals surface area contributed by atoms with Crippen molar-refractivity contribution in [1.29, 1.82) is 0 Å². The van der Waals surface area contributed by atoms with E-state index >= 15 is 0 Å². The van der Waals surface area contributed by atoms with Gasteiger partial charge in [0.15, 0.2) is 0 Å². The summed E-state index contributed by atoms with van der Waals surface area (Å²) in [5.74, 6) is 0.737. The fraction of sp³-hybridized carbons (Fsp3) is 0.957. The SMILES string of the molecule is CC1CCC(F)C2CC(C(=O)NC3CCCC(NC4CCN(C)CC4)C3CN)NC12. The molecule has 8 atom stereocenters. The Morgan fingerprint density at radius 2 is 1.87 bits per heavy atom. The molecule has 30 heavy (non-hydrogen) atoms. The standard InChI is InChI=1S/C23H42FN5O/c1-14-6-7-18(24)16-12-21(27-22(14)16)23(30)28-20-5-3-4-19(17(20)13-25)26-15-8-10-29(2)11-9-15/h14-22,26-27H,3-13,25H2,1-2H3,(H,28,30). The number of carbonyl (C=O) groups is 1. The summed E-state index contributed by atoms with van der Waals surface area (Å²) < 4.78 is 14.4. The number of nitrogens with one attached hydrogen (secondary N) is 3. The van der Waals surface area contributed by atoms with Crippen LogP contribution >= 0.6 is 0 Å². The highest BCUT2D eigenvalue weighted by Gasteiger charge is 2.47. The van der Waals surface area contributed by atoms with Crippen molar-refractivity contribution >= 4 is 5.91 Å². The minimum Gasteiger partial charge on any atom is -0.352 e. The third-order valence-electron chi connectivity index (χ3n) is 8.49. The van der Waals surface area contributed by atoms with Crippen LogP contribution in [0.5, 0.6) is 0 Å². The lowest BCUT2D eigenvalue weighted by molar-refractivity contribution is -0.124. The second kappa shape index (κ2) is 9.80. The van der Waals surface area contributed by atoms with Crippen LogP contribution in [0.4, 0.5) is 4.39 Å². The second-order valence-corrected chi connectivity index (χ2v) is 10.5. The zero-order valence-corrected chi connectivity index (χ0v) is 18.8. The van der Waals surface area contributed by atoms with Crippen LogP contribution in [0.1, 0.15) is 58.3 Å². The monoisotopic (exact) mass is 423 g/mol. The fourth-order valence-electron chi connectivity index (χ4n) is 6.54. The first-order valence-electron chi connectivity index (χ1n) is 12.3. The third-order valence-corrected chi connectivity index (χ3v) is 8.49. The number of nitrogens with two attached hydrogens (primary N) is 1. The van der Waals surface area contributed by atoms with Crippen molar-refractivity contribution in [2.45, 2.75) is 94.7 Å². The minimum absolute atomic E-state index is 0.0139. The molecule has 8 unspecified atom stereocenters. The van der Waals surface area contributed by atoms with Crippen molar-refractivity contribution < 1.29 is 9.18 Å². The van der Waals surface area contributed by atoms with E-state index in [4.69, 9.17) is 5.73 Å². The van der Waals surface area contributed by atoms with Crippen molar-refractivity contribution in [1.82, 2.24) is 20.9 Å². The van der Waals surface area contributed by atoms with Crippen LogP contribution in [0.25, 0.3) is 0 Å². The van der Waals surface area contributed by atoms with Crippen LogP contribution in [0, 0.1) is 17.8 Å². The topological polar surface area (TPSA) is 82.4 Å². The Morgan fingerprint density at radius 1 is 1.13 bits per heavy atom. The first-order valence-corrected chi connectivity index (χ1v) is 12.3. The number of alkyl halides is 1. The van der Waals surface area contributed by atoms with Gasteiger partial charge in [0, 0.05) is 36.0 Å². The molecule has 2 saturated heterocycles. The van der Waals surface area contributed by atoms with E-state index in [2.05, 4.69) is 34.8 Å². The molecular formula is C23H42FN5O. The van der Waals surface area contributed by atoms with Crippen LogP contribution in [0.2, 0.25) is 0 Å². The van der Waals surface area contributed by atoms with E-state index in [0.717, 1.165) is 38.8 Å². The number of amides is 1. The van der Waals surface area contributed by atoms with Gasteiger partial charge in [-0.15, -0.1) is 0 Å². The van der Waals surface area contributed by atoms with Gasteiger partial charge in [-0.05, 0) is 84.0 Å². The van der Waals surface area contributed by atoms with Gasteiger partial charge in [0.2, 0.25) is 5.91 Å². The Labute approximate surface area is 181 Å². The van der Waals surface area contributed by atoms with Crippen molar-refractivity contribution in [2.75, 3.05) is 26.7 Å². The first kappa shape index (κ1) is 22.4. The van der Waals surface area contributed by atoms with Gasteiger partial charge in [-0.2, -0.15) is 0 Å². The highest BCUT2D eigenvalue weighted by Crippen LogP contribution is 2.38. The van der Waals surface area contributed by atoms with Crippen molar-refractivity contribution in [2.24, 2.45) is 23.5 Å². The number of piperidine rings is 1. The number of nitrogens with zero attached hydrogens (tertiary/aromatic N) is 1. The van der Waals surface area contributed by atoms with E-state index in [1.54, 1.807) is 0 Å². The molecule has 4 aliphatic rings. The molecule has 1 amide bonds. The number of rotatable bonds is 5. The molecule has 172 valence electrons. The molecule has 0 aromatic rings. The average Bonchev–Trinajstić information content (AvgIpc) is 3.20. The van der Waals surface area contributed by atoms with Crippen LogP contribution in [-0.4, -0.2) is 73.9 Å². The van der Waals surface area contributed by atoms with E-state index in [0.29, 0.717) is 37.4 Å². The van der Waals surface area contributed by atoms with Crippen LogP contribution in [0.15, 0.2) is 0 Å². The lowest BCUT2D eigenvalue weighted by Crippen LogP contribution is -2.59. The molecule has 4 fully saturated rings. The van der Waals surface area contributed by atoms with Crippen LogP contribution < -0.4 is 21.7 Å². The summed E-state index contributed by atoms with van der Waals surface area (Å²) in [5.41, 5.74) is 6.21. The molecule has 2 heterocycles. The average molecular weight is 424 g/mol. The predicted octanol–water partition coefficient (Wildman–Crippen LogP) is 1.40. The van der Waals surface area contributed by atoms with Gasteiger partial charge in [0.1, 0.15) is 6.17 Å². The molecule has 0 radical (unpaired) electrons. The van der Waals surface area contributed by atoms with Gasteiger partial charge in [0.25, 0.3) is 0 Å². The lowest BCUT2D eigenvalue weighted by atomic mass is 9.77. The zero-order chi connectivity index (χ0) is 21.3. The van der Waals surface area contributed by atoms with E-state index in [1.165, 1.54) is 12.8 Å². The predicted molar refractivity (Wildman–Crippen MR) is 118 cm³/mol. The Balaban J connectivity index is 1.33. The molecule has 4 rings (SSSR count). The molecule has 6 nitrogen and oxygen atoms in total. The Hall–Kier alpha value is -0.760. The quantitative estimate of drug-likeness (QED) is 0.537. The maximum absolute atomic E-state index is 14.4. The van der Waals surface area contributed by atoms with Crippen molar-refractivity contribution in [3.05, 3.63) is 0 Å². The Kier molecular flexibility index (Phi) is 7.33. The summed E-state index contributed by atoms with van der Waals surface area (Å²) in [5, 5.41) is 10.7. The van der Waals surface area contributed by atoms with E-state index in [9.17, 15) is 9.18 Å². The van der Waals surface area contributed by atoms with E-state index < -0.39 is 6.17 Å². The number of halogens is 1. The molecule has 2 aliphatic heterocycles. The van der Waals surface area contributed by atoms with Gasteiger partial charge in [0.05, 0.1) is 6.04 Å². The Bertz CT molecular complexity index is 566. The molecule has 5 N–H and O–H groups in total. The summed E-state index contributed by atoms with van der Waals surface area (Å²) in [6.07, 6.45) is 6.99. The number of likely N-dealkylation sites (tertiary alicyclic amines) is 1. The number of fused-ring (bicyclic) bond motifs is 1. The number of hydrogen-bond acceptors (Lipinski definition) is 5. The summed E-state index contributed by atoms with van der Waals surface area (Å²) in [6, 6.07) is 0.914. The maximum atomic E-state index is 14.4. The molecular weight excluding hydrogens is 381 g/mol. The van der Waals surface area contributed by atoms with E-state index in [1.807, 2.05) is 0 Å². The molecule has 7 heteroatoms. The largest absolute Gasteiger partial charge is 0.352 e. The molecule has 0 bridgehead atoms. The van der Waals surface area contributed by atoms with Crippen LogP contribution in [-0.2, 0) is 4.79 Å². The maximum Gasteiger partial charge on any atom is 0.237 e. The summed E-state index contributed by atoms with van der Waals surface area (Å²) >= 11 is 0. The van der Waals surface area contributed by atoms with Crippen molar-refractivity contribution in [3.8, 4) is 0 Å². The first-order chi connectivity index (χ1) is 14.5. The lowest BCUT2D eigenvalue weighted by Gasteiger charge is -2.42. The molecule has 0 aromatic heterocycles. The molecule has 0 spiro atoms. The smallest absolute Gasteiger partial charge is 0.237 e. The number of carbonyl (C=O) groups excluding carboxylic acids is 1. The van der Waals surface area contributed by atoms with E-state index in [-0.39, 0.29) is 35.9 Å². The van der Waals surface area contributed by atoms with Crippen LogP contribution in [0.3, 0.4) is 0 Å². The highest BCUT2D eigenvalue weighted by atomic mass is 19.1. The van der Waals surface area contributed by atoms with Gasteiger partial charge in [-0.3, -0.25) is 4.79 Å². The third kappa shape index (κ3) is 4.84.